The SMILES string of the molecule is CC(Nc1nsc2ccccc12)C(N)=O. The molecule has 0 radical (unpaired) electrons. The molecular formula is C10H11N3OS. The maximum Gasteiger partial charge on any atom is 0.239 e. The van der Waals surface area contributed by atoms with Crippen LogP contribution in [0.2, 0.25) is 0 Å². The number of carbonyl (C=O) groups excluding carboxylic acids is 1. The molecule has 1 unspecified atom stereocenters. The van der Waals surface area contributed by atoms with Crippen molar-refractivity contribution in [2.45, 2.75) is 13.0 Å². The number of anilines is 1. The monoisotopic (exact) mass is 221 g/mol. The van der Waals surface area contributed by atoms with E-state index in [1.807, 2.05) is 24.3 Å². The first kappa shape index (κ1) is 9.92. The van der Waals surface area contributed by atoms with Crippen LogP contribution >= 0.6 is 11.5 Å². The van der Waals surface area contributed by atoms with Gasteiger partial charge in [-0.3, -0.25) is 4.79 Å². The third-order valence-corrected chi connectivity index (χ3v) is 2.98. The number of aromatic nitrogens is 1. The van der Waals surface area contributed by atoms with Gasteiger partial charge in [0.05, 0.1) is 4.70 Å². The van der Waals surface area contributed by atoms with Gasteiger partial charge >= 0.3 is 0 Å². The molecule has 0 saturated heterocycles. The fourth-order valence-corrected chi connectivity index (χ4v) is 2.01. The summed E-state index contributed by atoms with van der Waals surface area (Å²) in [6, 6.07) is 7.45. The van der Waals surface area contributed by atoms with Crippen molar-refractivity contribution in [3.8, 4) is 0 Å². The minimum absolute atomic E-state index is 0.382. The highest BCUT2D eigenvalue weighted by Gasteiger charge is 2.11. The predicted octanol–water partition coefficient (Wildman–Crippen LogP) is 1.58. The van der Waals surface area contributed by atoms with Crippen LogP contribution in [-0.4, -0.2) is 16.3 Å². The van der Waals surface area contributed by atoms with Crippen LogP contribution < -0.4 is 11.1 Å². The van der Waals surface area contributed by atoms with Gasteiger partial charge < -0.3 is 11.1 Å². The molecule has 1 atom stereocenters. The summed E-state index contributed by atoms with van der Waals surface area (Å²) in [4.78, 5) is 10.9. The van der Waals surface area contributed by atoms with E-state index in [-0.39, 0.29) is 5.91 Å². The Bertz CT molecular complexity index is 494. The summed E-state index contributed by atoms with van der Waals surface area (Å²) in [5.41, 5.74) is 5.17. The molecule has 0 bridgehead atoms. The van der Waals surface area contributed by atoms with Crippen LogP contribution in [0.3, 0.4) is 0 Å². The van der Waals surface area contributed by atoms with Gasteiger partial charge in [-0.05, 0) is 30.6 Å². The molecule has 0 aliphatic heterocycles. The van der Waals surface area contributed by atoms with Gasteiger partial charge in [0.15, 0.2) is 0 Å². The number of primary amides is 1. The number of carbonyl (C=O) groups is 1. The van der Waals surface area contributed by atoms with Crippen molar-refractivity contribution < 1.29 is 4.79 Å². The predicted molar refractivity (Wildman–Crippen MR) is 61.9 cm³/mol. The lowest BCUT2D eigenvalue weighted by Crippen LogP contribution is -2.32. The fourth-order valence-electron chi connectivity index (χ4n) is 1.27. The Labute approximate surface area is 91.3 Å². The van der Waals surface area contributed by atoms with Crippen molar-refractivity contribution in [1.29, 1.82) is 0 Å². The van der Waals surface area contributed by atoms with E-state index in [2.05, 4.69) is 9.69 Å². The molecule has 5 heteroatoms. The molecule has 2 rings (SSSR count). The van der Waals surface area contributed by atoms with Crippen LogP contribution in [0.4, 0.5) is 5.82 Å². The Hall–Kier alpha value is -1.62. The Morgan fingerprint density at radius 1 is 1.53 bits per heavy atom. The van der Waals surface area contributed by atoms with Gasteiger partial charge in [-0.15, -0.1) is 0 Å². The first-order valence-electron chi connectivity index (χ1n) is 4.59. The molecule has 1 aromatic heterocycles. The second-order valence-corrected chi connectivity index (χ2v) is 4.10. The number of fused-ring (bicyclic) bond motifs is 1. The summed E-state index contributed by atoms with van der Waals surface area (Å²) in [6.45, 7) is 1.72. The summed E-state index contributed by atoms with van der Waals surface area (Å²) in [7, 11) is 0. The van der Waals surface area contributed by atoms with E-state index in [0.29, 0.717) is 0 Å². The Balaban J connectivity index is 2.32. The minimum Gasteiger partial charge on any atom is -0.368 e. The zero-order chi connectivity index (χ0) is 10.8. The van der Waals surface area contributed by atoms with Crippen LogP contribution in [0, 0.1) is 0 Å². The standard InChI is InChI=1S/C10H11N3OS/c1-6(9(11)14)12-10-7-4-2-3-5-8(7)15-13-10/h2-6H,1H3,(H2,11,14)(H,12,13). The van der Waals surface area contributed by atoms with Gasteiger partial charge in [0.25, 0.3) is 0 Å². The smallest absolute Gasteiger partial charge is 0.239 e. The molecule has 3 N–H and O–H groups in total. The van der Waals surface area contributed by atoms with Gasteiger partial charge in [0.2, 0.25) is 5.91 Å². The second-order valence-electron chi connectivity index (χ2n) is 3.30. The van der Waals surface area contributed by atoms with Crippen LogP contribution in [0.15, 0.2) is 24.3 Å². The summed E-state index contributed by atoms with van der Waals surface area (Å²) < 4.78 is 5.33. The first-order valence-corrected chi connectivity index (χ1v) is 5.36. The van der Waals surface area contributed by atoms with Crippen molar-refractivity contribution in [3.05, 3.63) is 24.3 Å². The number of hydrogen-bond donors (Lipinski definition) is 2. The van der Waals surface area contributed by atoms with Gasteiger partial charge in [0, 0.05) is 5.39 Å². The third-order valence-electron chi connectivity index (χ3n) is 2.16. The Kier molecular flexibility index (Phi) is 2.55. The van der Waals surface area contributed by atoms with Crippen LogP contribution in [0.5, 0.6) is 0 Å². The molecule has 0 spiro atoms. The van der Waals surface area contributed by atoms with Crippen molar-refractivity contribution >= 4 is 33.3 Å². The number of nitrogens with one attached hydrogen (secondary N) is 1. The van der Waals surface area contributed by atoms with E-state index in [9.17, 15) is 4.79 Å². The van der Waals surface area contributed by atoms with E-state index in [4.69, 9.17) is 5.73 Å². The van der Waals surface area contributed by atoms with Crippen molar-refractivity contribution in [2.75, 3.05) is 5.32 Å². The molecule has 1 amide bonds. The van der Waals surface area contributed by atoms with Crippen molar-refractivity contribution in [2.24, 2.45) is 5.73 Å². The van der Waals surface area contributed by atoms with E-state index >= 15 is 0 Å². The Morgan fingerprint density at radius 2 is 2.27 bits per heavy atom. The molecule has 0 saturated carbocycles. The fraction of sp³-hybridized carbons (Fsp3) is 0.200. The maximum absolute atomic E-state index is 10.9. The largest absolute Gasteiger partial charge is 0.368 e. The lowest BCUT2D eigenvalue weighted by atomic mass is 10.2. The number of rotatable bonds is 3. The Morgan fingerprint density at radius 3 is 3.00 bits per heavy atom. The topological polar surface area (TPSA) is 68.0 Å². The van der Waals surface area contributed by atoms with Crippen molar-refractivity contribution in [1.82, 2.24) is 4.37 Å². The molecule has 15 heavy (non-hydrogen) atoms. The average Bonchev–Trinajstić information content (AvgIpc) is 2.62. The molecule has 2 aromatic rings. The quantitative estimate of drug-likeness (QED) is 0.826. The molecule has 0 aliphatic rings. The number of benzene rings is 1. The second kappa shape index (κ2) is 3.86. The normalized spacial score (nSPS) is 12.6. The van der Waals surface area contributed by atoms with Gasteiger partial charge in [-0.2, -0.15) is 4.37 Å². The molecule has 0 fully saturated rings. The molecular weight excluding hydrogens is 210 g/mol. The lowest BCUT2D eigenvalue weighted by molar-refractivity contribution is -0.118. The van der Waals surface area contributed by atoms with Gasteiger partial charge in [-0.25, -0.2) is 0 Å². The molecule has 1 aromatic carbocycles. The zero-order valence-corrected chi connectivity index (χ0v) is 9.04. The highest BCUT2D eigenvalue weighted by molar-refractivity contribution is 7.13. The average molecular weight is 221 g/mol. The summed E-state index contributed by atoms with van der Waals surface area (Å²) >= 11 is 1.40. The van der Waals surface area contributed by atoms with Gasteiger partial charge in [-0.1, -0.05) is 12.1 Å². The molecule has 1 heterocycles. The highest BCUT2D eigenvalue weighted by atomic mass is 32.1. The van der Waals surface area contributed by atoms with E-state index in [0.717, 1.165) is 15.9 Å². The number of amides is 1. The maximum atomic E-state index is 10.9. The van der Waals surface area contributed by atoms with E-state index in [1.54, 1.807) is 6.92 Å². The lowest BCUT2D eigenvalue weighted by Gasteiger charge is -2.08. The molecule has 4 nitrogen and oxygen atoms in total. The highest BCUT2D eigenvalue weighted by Crippen LogP contribution is 2.26. The number of nitrogens with zero attached hydrogens (tertiary/aromatic N) is 1. The van der Waals surface area contributed by atoms with Crippen LogP contribution in [-0.2, 0) is 4.79 Å². The number of hydrogen-bond acceptors (Lipinski definition) is 4. The molecule has 0 aliphatic carbocycles. The third kappa shape index (κ3) is 1.92. The first-order chi connectivity index (χ1) is 7.18. The van der Waals surface area contributed by atoms with Gasteiger partial charge in [0.1, 0.15) is 11.9 Å². The zero-order valence-electron chi connectivity index (χ0n) is 8.23. The molecule has 78 valence electrons. The summed E-state index contributed by atoms with van der Waals surface area (Å²) in [5.74, 6) is 0.342. The van der Waals surface area contributed by atoms with Crippen molar-refractivity contribution in [3.63, 3.8) is 0 Å². The number of nitrogens with two attached hydrogens (primary N) is 1. The van der Waals surface area contributed by atoms with Crippen LogP contribution in [0.25, 0.3) is 10.1 Å². The van der Waals surface area contributed by atoms with E-state index < -0.39 is 6.04 Å². The minimum atomic E-state index is -0.407. The van der Waals surface area contributed by atoms with Crippen LogP contribution in [0.1, 0.15) is 6.92 Å². The summed E-state index contributed by atoms with van der Waals surface area (Å²) in [6.07, 6.45) is 0. The van der Waals surface area contributed by atoms with E-state index in [1.165, 1.54) is 11.5 Å². The summed E-state index contributed by atoms with van der Waals surface area (Å²) in [5, 5.41) is 4.01.